The second kappa shape index (κ2) is 7.93. The molecule has 1 aliphatic heterocycles. The molecule has 12 heteroatoms. The number of nitro groups is 1. The molecule has 2 aromatic heterocycles. The normalized spacial score (nSPS) is 13.4. The average molecular weight is 430 g/mol. The van der Waals surface area contributed by atoms with Gasteiger partial charge in [0.25, 0.3) is 5.69 Å². The Kier molecular flexibility index (Phi) is 5.18. The highest BCUT2D eigenvalue weighted by Gasteiger charge is 2.24. The van der Waals surface area contributed by atoms with Gasteiger partial charge in [-0.2, -0.15) is 0 Å². The van der Waals surface area contributed by atoms with Crippen molar-refractivity contribution in [1.82, 2.24) is 15.3 Å². The molecule has 3 heterocycles. The zero-order valence-electron chi connectivity index (χ0n) is 14.8. The van der Waals surface area contributed by atoms with Gasteiger partial charge in [-0.05, 0) is 0 Å². The number of urea groups is 1. The van der Waals surface area contributed by atoms with Crippen molar-refractivity contribution in [2.24, 2.45) is 0 Å². The van der Waals surface area contributed by atoms with Crippen molar-refractivity contribution in [3.63, 3.8) is 0 Å². The van der Waals surface area contributed by atoms with E-state index in [-0.39, 0.29) is 24.0 Å². The molecule has 0 spiro atoms. The van der Waals surface area contributed by atoms with Crippen molar-refractivity contribution in [3.8, 4) is 11.3 Å². The first kappa shape index (κ1) is 19.0. The van der Waals surface area contributed by atoms with Crippen molar-refractivity contribution in [2.75, 3.05) is 23.3 Å². The van der Waals surface area contributed by atoms with Crippen LogP contribution >= 0.6 is 22.7 Å². The van der Waals surface area contributed by atoms with Crippen LogP contribution in [0.4, 0.5) is 20.7 Å². The molecule has 0 aliphatic carbocycles. The predicted molar refractivity (Wildman–Crippen MR) is 109 cm³/mol. The fraction of sp³-hybridized carbons (Fsp3) is 0.176. The summed E-state index contributed by atoms with van der Waals surface area (Å²) in [4.78, 5) is 44.6. The molecule has 0 bridgehead atoms. The number of aromatic nitrogens is 2. The number of nitro benzene ring substituents is 1. The number of amides is 3. The highest BCUT2D eigenvalue weighted by Crippen LogP contribution is 2.28. The third kappa shape index (κ3) is 4.22. The summed E-state index contributed by atoms with van der Waals surface area (Å²) < 4.78 is 0. The van der Waals surface area contributed by atoms with Crippen molar-refractivity contribution >= 4 is 50.6 Å². The Hall–Kier alpha value is -3.38. The number of carbonyl (C=O) groups is 2. The maximum Gasteiger partial charge on any atom is 0.323 e. The Labute approximate surface area is 172 Å². The third-order valence-corrected chi connectivity index (χ3v) is 5.74. The molecule has 3 amide bonds. The maximum absolute atomic E-state index is 12.3. The molecule has 4 rings (SSSR count). The molecule has 29 heavy (non-hydrogen) atoms. The number of anilines is 2. The number of hydrogen-bond donors (Lipinski definition) is 2. The third-order valence-electron chi connectivity index (χ3n) is 4.07. The summed E-state index contributed by atoms with van der Waals surface area (Å²) >= 11 is 2.54. The fourth-order valence-electron chi connectivity index (χ4n) is 2.73. The fourth-order valence-corrected chi connectivity index (χ4v) is 4.31. The Morgan fingerprint density at radius 1 is 1.31 bits per heavy atom. The lowest BCUT2D eigenvalue weighted by Gasteiger charge is -2.08. The van der Waals surface area contributed by atoms with Gasteiger partial charge < -0.3 is 10.6 Å². The number of carbonyl (C=O) groups excluding carboxylic acids is 2. The number of nitrogens with one attached hydrogen (secondary N) is 2. The molecule has 1 fully saturated rings. The SMILES string of the molecule is O=C(Cc1csc(N2CCNC2=O)n1)Nc1nc(-c2cccc([N+](=O)[O-])c2)cs1. The van der Waals surface area contributed by atoms with Gasteiger partial charge in [0.1, 0.15) is 0 Å². The first-order valence-electron chi connectivity index (χ1n) is 8.49. The van der Waals surface area contributed by atoms with E-state index in [1.54, 1.807) is 22.9 Å². The summed E-state index contributed by atoms with van der Waals surface area (Å²) in [6.07, 6.45) is 0.0533. The Morgan fingerprint density at radius 3 is 2.93 bits per heavy atom. The molecule has 2 N–H and O–H groups in total. The smallest absolute Gasteiger partial charge is 0.323 e. The summed E-state index contributed by atoms with van der Waals surface area (Å²) in [5.41, 5.74) is 1.69. The van der Waals surface area contributed by atoms with Crippen LogP contribution in [0.3, 0.4) is 0 Å². The largest absolute Gasteiger partial charge is 0.336 e. The molecule has 10 nitrogen and oxygen atoms in total. The van der Waals surface area contributed by atoms with Gasteiger partial charge in [0.05, 0.1) is 22.7 Å². The highest BCUT2D eigenvalue weighted by atomic mass is 32.1. The van der Waals surface area contributed by atoms with Gasteiger partial charge in [0, 0.05) is 41.5 Å². The number of thiazole rings is 2. The first-order chi connectivity index (χ1) is 14.0. The minimum absolute atomic E-state index is 0.0212. The molecular formula is C17H14N6O4S2. The standard InChI is InChI=1S/C17H14N6O4S2/c24-14(7-11-8-29-17(19-11)22-5-4-18-16(22)25)21-15-20-13(9-28-15)10-2-1-3-12(6-10)23(26)27/h1-3,6,8-9H,4-5,7H2,(H,18,25)(H,20,21,24). The van der Waals surface area contributed by atoms with E-state index in [9.17, 15) is 19.7 Å². The molecule has 3 aromatic rings. The van der Waals surface area contributed by atoms with E-state index in [0.29, 0.717) is 40.3 Å². The minimum atomic E-state index is -0.466. The topological polar surface area (TPSA) is 130 Å². The van der Waals surface area contributed by atoms with E-state index in [0.717, 1.165) is 0 Å². The van der Waals surface area contributed by atoms with Gasteiger partial charge in [0.15, 0.2) is 10.3 Å². The zero-order valence-corrected chi connectivity index (χ0v) is 16.5. The Balaban J connectivity index is 1.40. The van der Waals surface area contributed by atoms with Gasteiger partial charge in [-0.3, -0.25) is 19.8 Å². The maximum atomic E-state index is 12.3. The molecule has 148 valence electrons. The minimum Gasteiger partial charge on any atom is -0.336 e. The monoisotopic (exact) mass is 430 g/mol. The van der Waals surface area contributed by atoms with Crippen molar-refractivity contribution < 1.29 is 14.5 Å². The van der Waals surface area contributed by atoms with Crippen LogP contribution in [0.5, 0.6) is 0 Å². The quantitative estimate of drug-likeness (QED) is 0.457. The van der Waals surface area contributed by atoms with E-state index in [1.807, 2.05) is 0 Å². The zero-order chi connectivity index (χ0) is 20.4. The second-order valence-corrected chi connectivity index (χ2v) is 7.77. The van der Waals surface area contributed by atoms with Crippen LogP contribution < -0.4 is 15.5 Å². The summed E-state index contributed by atoms with van der Waals surface area (Å²) in [5, 5.41) is 20.8. The first-order valence-corrected chi connectivity index (χ1v) is 10.3. The molecule has 0 atom stereocenters. The molecule has 0 saturated carbocycles. The highest BCUT2D eigenvalue weighted by molar-refractivity contribution is 7.14. The van der Waals surface area contributed by atoms with Crippen LogP contribution in [0.15, 0.2) is 35.0 Å². The van der Waals surface area contributed by atoms with Gasteiger partial charge in [-0.1, -0.05) is 12.1 Å². The molecule has 1 aliphatic rings. The number of non-ortho nitro benzene ring substituents is 1. The number of rotatable bonds is 6. The van der Waals surface area contributed by atoms with Crippen LogP contribution in [0, 0.1) is 10.1 Å². The van der Waals surface area contributed by atoms with Crippen LogP contribution in [0.1, 0.15) is 5.69 Å². The summed E-state index contributed by atoms with van der Waals surface area (Å²) in [6, 6.07) is 5.97. The lowest BCUT2D eigenvalue weighted by atomic mass is 10.1. The number of benzene rings is 1. The van der Waals surface area contributed by atoms with Crippen LogP contribution in [0.25, 0.3) is 11.3 Å². The van der Waals surface area contributed by atoms with Crippen LogP contribution in [0.2, 0.25) is 0 Å². The molecule has 0 radical (unpaired) electrons. The predicted octanol–water partition coefficient (Wildman–Crippen LogP) is 2.89. The van der Waals surface area contributed by atoms with E-state index >= 15 is 0 Å². The summed E-state index contributed by atoms with van der Waals surface area (Å²) in [5.74, 6) is -0.285. The van der Waals surface area contributed by atoms with Crippen molar-refractivity contribution in [2.45, 2.75) is 6.42 Å². The lowest BCUT2D eigenvalue weighted by molar-refractivity contribution is -0.384. The van der Waals surface area contributed by atoms with E-state index in [4.69, 9.17) is 0 Å². The Bertz CT molecular complexity index is 1100. The van der Waals surface area contributed by atoms with Gasteiger partial charge in [0.2, 0.25) is 5.91 Å². The Morgan fingerprint density at radius 2 is 2.17 bits per heavy atom. The number of hydrogen-bond acceptors (Lipinski definition) is 8. The van der Waals surface area contributed by atoms with Gasteiger partial charge in [-0.15, -0.1) is 22.7 Å². The van der Waals surface area contributed by atoms with Crippen LogP contribution in [-0.2, 0) is 11.2 Å². The molecule has 1 saturated heterocycles. The molecular weight excluding hydrogens is 416 g/mol. The summed E-state index contributed by atoms with van der Waals surface area (Å²) in [6.45, 7) is 1.13. The van der Waals surface area contributed by atoms with E-state index < -0.39 is 4.92 Å². The van der Waals surface area contributed by atoms with E-state index in [2.05, 4.69) is 20.6 Å². The summed E-state index contributed by atoms with van der Waals surface area (Å²) in [7, 11) is 0. The van der Waals surface area contributed by atoms with Crippen molar-refractivity contribution in [3.05, 3.63) is 50.8 Å². The second-order valence-electron chi connectivity index (χ2n) is 6.08. The van der Waals surface area contributed by atoms with E-state index in [1.165, 1.54) is 39.7 Å². The van der Waals surface area contributed by atoms with Gasteiger partial charge in [-0.25, -0.2) is 14.8 Å². The van der Waals surface area contributed by atoms with Crippen molar-refractivity contribution in [1.29, 1.82) is 0 Å². The number of nitrogens with zero attached hydrogens (tertiary/aromatic N) is 4. The van der Waals surface area contributed by atoms with Crippen LogP contribution in [-0.4, -0.2) is 39.9 Å². The molecule has 0 unspecified atom stereocenters. The average Bonchev–Trinajstić information content (AvgIpc) is 3.43. The molecule has 1 aromatic carbocycles. The van der Waals surface area contributed by atoms with Gasteiger partial charge >= 0.3 is 6.03 Å². The lowest BCUT2D eigenvalue weighted by Crippen LogP contribution is -2.27.